The van der Waals surface area contributed by atoms with Crippen molar-refractivity contribution in [1.29, 1.82) is 0 Å². The summed E-state index contributed by atoms with van der Waals surface area (Å²) in [6.07, 6.45) is 3.26. The summed E-state index contributed by atoms with van der Waals surface area (Å²) in [5, 5.41) is 21.3. The quantitative estimate of drug-likeness (QED) is 0.835. The Morgan fingerprint density at radius 2 is 2.28 bits per heavy atom. The molecule has 2 heterocycles. The first-order valence-electron chi connectivity index (χ1n) is 6.75. The van der Waals surface area contributed by atoms with Crippen LogP contribution in [0.15, 0.2) is 0 Å². The molecule has 1 saturated heterocycles. The van der Waals surface area contributed by atoms with Crippen LogP contribution in [0.5, 0.6) is 0 Å². The lowest BCUT2D eigenvalue weighted by Gasteiger charge is -2.39. The van der Waals surface area contributed by atoms with E-state index in [-0.39, 0.29) is 12.0 Å². The minimum atomic E-state index is 0.0291. The topological polar surface area (TPSA) is 67.1 Å². The molecule has 2 rings (SSSR count). The van der Waals surface area contributed by atoms with Gasteiger partial charge in [0.15, 0.2) is 5.82 Å². The van der Waals surface area contributed by atoms with Gasteiger partial charge in [-0.25, -0.2) is 4.68 Å². The van der Waals surface area contributed by atoms with E-state index in [0.29, 0.717) is 0 Å². The van der Waals surface area contributed by atoms with Crippen LogP contribution in [0, 0.1) is 5.41 Å². The summed E-state index contributed by atoms with van der Waals surface area (Å²) >= 11 is 0. The maximum absolute atomic E-state index is 9.46. The Morgan fingerprint density at radius 1 is 1.44 bits per heavy atom. The second-order valence-electron chi connectivity index (χ2n) is 5.60. The maximum Gasteiger partial charge on any atom is 0.165 e. The maximum atomic E-state index is 9.46. The number of piperidine rings is 1. The van der Waals surface area contributed by atoms with Crippen molar-refractivity contribution in [3.63, 3.8) is 0 Å². The lowest BCUT2D eigenvalue weighted by molar-refractivity contribution is 0.0410. The molecule has 0 spiro atoms. The number of aromatic nitrogens is 4. The van der Waals surface area contributed by atoms with Crippen molar-refractivity contribution < 1.29 is 5.11 Å². The highest BCUT2D eigenvalue weighted by Crippen LogP contribution is 2.29. The highest BCUT2D eigenvalue weighted by Gasteiger charge is 2.30. The SMILES string of the molecule is CCCn1nnnc1CN1CCCC(C)(CO)C1. The summed E-state index contributed by atoms with van der Waals surface area (Å²) in [6, 6.07) is 0. The summed E-state index contributed by atoms with van der Waals surface area (Å²) in [6.45, 7) is 8.15. The molecule has 1 aliphatic heterocycles. The fourth-order valence-corrected chi connectivity index (χ4v) is 2.61. The molecule has 1 atom stereocenters. The van der Waals surface area contributed by atoms with E-state index in [1.807, 2.05) is 4.68 Å². The van der Waals surface area contributed by atoms with Crippen LogP contribution >= 0.6 is 0 Å². The van der Waals surface area contributed by atoms with Crippen LogP contribution in [0.25, 0.3) is 0 Å². The minimum Gasteiger partial charge on any atom is -0.396 e. The third-order valence-corrected chi connectivity index (χ3v) is 3.65. The molecular formula is C12H23N5O. The van der Waals surface area contributed by atoms with E-state index in [1.165, 1.54) is 0 Å². The van der Waals surface area contributed by atoms with Crippen LogP contribution in [-0.4, -0.2) is 49.9 Å². The van der Waals surface area contributed by atoms with E-state index in [4.69, 9.17) is 0 Å². The predicted octanol–water partition coefficient (Wildman–Crippen LogP) is 0.677. The van der Waals surface area contributed by atoms with Crippen molar-refractivity contribution in [2.24, 2.45) is 5.41 Å². The molecule has 0 bridgehead atoms. The number of hydrogen-bond acceptors (Lipinski definition) is 5. The Morgan fingerprint density at radius 3 is 3.00 bits per heavy atom. The Kier molecular flexibility index (Phi) is 4.29. The zero-order valence-electron chi connectivity index (χ0n) is 11.3. The number of aliphatic hydroxyl groups excluding tert-OH is 1. The Bertz CT molecular complexity index is 380. The fourth-order valence-electron chi connectivity index (χ4n) is 2.61. The molecule has 102 valence electrons. The van der Waals surface area contributed by atoms with E-state index < -0.39 is 0 Å². The number of aliphatic hydroxyl groups is 1. The number of nitrogens with zero attached hydrogens (tertiary/aromatic N) is 5. The van der Waals surface area contributed by atoms with Gasteiger partial charge in [0.1, 0.15) is 0 Å². The molecule has 0 radical (unpaired) electrons. The Labute approximate surface area is 108 Å². The van der Waals surface area contributed by atoms with E-state index in [9.17, 15) is 5.11 Å². The first-order chi connectivity index (χ1) is 8.67. The third-order valence-electron chi connectivity index (χ3n) is 3.65. The van der Waals surface area contributed by atoms with Gasteiger partial charge in [0.05, 0.1) is 6.54 Å². The van der Waals surface area contributed by atoms with E-state index in [1.54, 1.807) is 0 Å². The lowest BCUT2D eigenvalue weighted by atomic mass is 9.83. The van der Waals surface area contributed by atoms with Gasteiger partial charge in [0.25, 0.3) is 0 Å². The number of likely N-dealkylation sites (tertiary alicyclic amines) is 1. The minimum absolute atomic E-state index is 0.0291. The number of aryl methyl sites for hydroxylation is 1. The van der Waals surface area contributed by atoms with E-state index in [0.717, 1.165) is 51.3 Å². The molecule has 1 aromatic rings. The first-order valence-corrected chi connectivity index (χ1v) is 6.75. The molecule has 1 unspecified atom stereocenters. The van der Waals surface area contributed by atoms with Gasteiger partial charge in [-0.15, -0.1) is 5.10 Å². The van der Waals surface area contributed by atoms with Crippen LogP contribution in [0.2, 0.25) is 0 Å². The van der Waals surface area contributed by atoms with Gasteiger partial charge in [-0.2, -0.15) is 0 Å². The summed E-state index contributed by atoms with van der Waals surface area (Å²) in [5.74, 6) is 0.930. The normalized spacial score (nSPS) is 25.5. The molecule has 0 aliphatic carbocycles. The third kappa shape index (κ3) is 3.05. The standard InChI is InChI=1S/C12H23N5O/c1-3-6-17-11(13-14-15-17)8-16-7-4-5-12(2,9-16)10-18/h18H,3-10H2,1-2H3. The molecule has 1 fully saturated rings. The van der Waals surface area contributed by atoms with Gasteiger partial charge in [-0.1, -0.05) is 13.8 Å². The van der Waals surface area contributed by atoms with Crippen molar-refractivity contribution in [1.82, 2.24) is 25.1 Å². The molecule has 0 aromatic carbocycles. The van der Waals surface area contributed by atoms with Gasteiger partial charge in [0, 0.05) is 25.1 Å². The smallest absolute Gasteiger partial charge is 0.165 e. The van der Waals surface area contributed by atoms with Crippen molar-refractivity contribution >= 4 is 0 Å². The molecule has 0 amide bonds. The molecule has 6 heteroatoms. The van der Waals surface area contributed by atoms with Gasteiger partial charge >= 0.3 is 0 Å². The highest BCUT2D eigenvalue weighted by molar-refractivity contribution is 4.87. The van der Waals surface area contributed by atoms with Crippen molar-refractivity contribution in [3.8, 4) is 0 Å². The second kappa shape index (κ2) is 5.75. The zero-order valence-corrected chi connectivity index (χ0v) is 11.3. The molecule has 6 nitrogen and oxygen atoms in total. The predicted molar refractivity (Wildman–Crippen MR) is 67.8 cm³/mol. The van der Waals surface area contributed by atoms with Crippen LogP contribution in [0.3, 0.4) is 0 Å². The summed E-state index contributed by atoms with van der Waals surface area (Å²) < 4.78 is 1.88. The van der Waals surface area contributed by atoms with Crippen molar-refractivity contribution in [2.75, 3.05) is 19.7 Å². The monoisotopic (exact) mass is 253 g/mol. The molecule has 1 aromatic heterocycles. The average molecular weight is 253 g/mol. The average Bonchev–Trinajstić information content (AvgIpc) is 2.77. The summed E-state index contributed by atoms with van der Waals surface area (Å²) in [4.78, 5) is 2.34. The lowest BCUT2D eigenvalue weighted by Crippen LogP contribution is -2.43. The summed E-state index contributed by atoms with van der Waals surface area (Å²) in [7, 11) is 0. The van der Waals surface area contributed by atoms with Crippen LogP contribution in [0.4, 0.5) is 0 Å². The van der Waals surface area contributed by atoms with Gasteiger partial charge in [0.2, 0.25) is 0 Å². The van der Waals surface area contributed by atoms with Crippen molar-refractivity contribution in [3.05, 3.63) is 5.82 Å². The second-order valence-corrected chi connectivity index (χ2v) is 5.60. The molecule has 18 heavy (non-hydrogen) atoms. The van der Waals surface area contributed by atoms with Gasteiger partial charge in [-0.05, 0) is 36.2 Å². The first kappa shape index (κ1) is 13.4. The zero-order chi connectivity index (χ0) is 13.0. The van der Waals surface area contributed by atoms with Crippen LogP contribution < -0.4 is 0 Å². The Balaban J connectivity index is 1.98. The fraction of sp³-hybridized carbons (Fsp3) is 0.917. The molecule has 1 N–H and O–H groups in total. The highest BCUT2D eigenvalue weighted by atomic mass is 16.3. The number of tetrazole rings is 1. The molecule has 1 aliphatic rings. The Hall–Kier alpha value is -1.01. The van der Waals surface area contributed by atoms with Gasteiger partial charge in [-0.3, -0.25) is 4.90 Å². The van der Waals surface area contributed by atoms with Crippen molar-refractivity contribution in [2.45, 2.75) is 46.2 Å². The summed E-state index contributed by atoms with van der Waals surface area (Å²) in [5.41, 5.74) is 0.0291. The van der Waals surface area contributed by atoms with Crippen LogP contribution in [0.1, 0.15) is 38.9 Å². The largest absolute Gasteiger partial charge is 0.396 e. The molecular weight excluding hydrogens is 230 g/mol. The van der Waals surface area contributed by atoms with E-state index in [2.05, 4.69) is 34.3 Å². The van der Waals surface area contributed by atoms with Gasteiger partial charge < -0.3 is 5.11 Å². The number of rotatable bonds is 5. The van der Waals surface area contributed by atoms with Crippen LogP contribution in [-0.2, 0) is 13.1 Å². The van der Waals surface area contributed by atoms with E-state index >= 15 is 0 Å². The molecule has 0 saturated carbocycles. The number of hydrogen-bond donors (Lipinski definition) is 1.